The quantitative estimate of drug-likeness (QED) is 0.600. The number of rotatable bonds is 8. The first-order valence-electron chi connectivity index (χ1n) is 7.62. The molecule has 2 aromatic carbocycles. The van der Waals surface area contributed by atoms with Gasteiger partial charge in [0.15, 0.2) is 11.6 Å². The third kappa shape index (κ3) is 5.43. The predicted octanol–water partition coefficient (Wildman–Crippen LogP) is 3.94. The van der Waals surface area contributed by atoms with E-state index >= 15 is 0 Å². The highest BCUT2D eigenvalue weighted by Crippen LogP contribution is 2.25. The molecule has 9 heteroatoms. The summed E-state index contributed by atoms with van der Waals surface area (Å²) < 4.78 is 47.1. The minimum atomic E-state index is -3.96. The Hall–Kier alpha value is -2.13. The number of aryl methyl sites for hydroxylation is 1. The Bertz CT molecular complexity index is 917. The molecule has 0 aromatic heterocycles. The van der Waals surface area contributed by atoms with Crippen molar-refractivity contribution in [3.63, 3.8) is 0 Å². The van der Waals surface area contributed by atoms with E-state index in [0.29, 0.717) is 5.69 Å². The second-order valence-corrected chi connectivity index (χ2v) is 8.04. The predicted molar refractivity (Wildman–Crippen MR) is 98.5 cm³/mol. The second-order valence-electron chi connectivity index (χ2n) is 5.51. The fourth-order valence-electron chi connectivity index (χ4n) is 2.04. The molecule has 0 unspecified atom stereocenters. The minimum absolute atomic E-state index is 0.0188. The normalized spacial score (nSPS) is 11.2. The van der Waals surface area contributed by atoms with E-state index in [9.17, 15) is 17.6 Å². The van der Waals surface area contributed by atoms with E-state index in [1.54, 1.807) is 18.2 Å². The van der Waals surface area contributed by atoms with Crippen LogP contribution in [0.5, 0.6) is 5.75 Å². The standard InChI is InChI=1S/C17H17BrFNO5S/c1-11-4-5-12(9-14(11)18)20-26(23,24)13-6-7-16(15(19)10-13)25-8-2-3-17(21)22/h4-7,9-10,20H,2-3,8H2,1H3,(H,21,22). The number of ether oxygens (including phenoxy) is 1. The topological polar surface area (TPSA) is 92.7 Å². The smallest absolute Gasteiger partial charge is 0.303 e. The lowest BCUT2D eigenvalue weighted by Crippen LogP contribution is -2.13. The van der Waals surface area contributed by atoms with E-state index in [0.717, 1.165) is 16.1 Å². The number of anilines is 1. The zero-order valence-corrected chi connectivity index (χ0v) is 16.2. The Balaban J connectivity index is 2.10. The van der Waals surface area contributed by atoms with Gasteiger partial charge >= 0.3 is 5.97 Å². The summed E-state index contributed by atoms with van der Waals surface area (Å²) in [5.41, 5.74) is 1.29. The van der Waals surface area contributed by atoms with Gasteiger partial charge in [-0.1, -0.05) is 22.0 Å². The fraction of sp³-hybridized carbons (Fsp3) is 0.235. The van der Waals surface area contributed by atoms with Gasteiger partial charge in [-0.25, -0.2) is 12.8 Å². The van der Waals surface area contributed by atoms with E-state index in [4.69, 9.17) is 9.84 Å². The summed E-state index contributed by atoms with van der Waals surface area (Å²) in [4.78, 5) is 10.2. The zero-order valence-electron chi connectivity index (χ0n) is 13.8. The number of sulfonamides is 1. The van der Waals surface area contributed by atoms with Crippen molar-refractivity contribution in [1.82, 2.24) is 0 Å². The fourth-order valence-corrected chi connectivity index (χ4v) is 3.48. The van der Waals surface area contributed by atoms with E-state index in [2.05, 4.69) is 20.7 Å². The number of carboxylic acids is 1. The van der Waals surface area contributed by atoms with Crippen molar-refractivity contribution in [3.05, 3.63) is 52.3 Å². The van der Waals surface area contributed by atoms with Gasteiger partial charge in [0.2, 0.25) is 0 Å². The SMILES string of the molecule is Cc1ccc(NS(=O)(=O)c2ccc(OCCCC(=O)O)c(F)c2)cc1Br. The first-order valence-corrected chi connectivity index (χ1v) is 9.90. The summed E-state index contributed by atoms with van der Waals surface area (Å²) in [5.74, 6) is -1.94. The van der Waals surface area contributed by atoms with Gasteiger partial charge in [-0.2, -0.15) is 0 Å². The second kappa shape index (κ2) is 8.50. The molecule has 0 amide bonds. The summed E-state index contributed by atoms with van der Waals surface area (Å²) in [7, 11) is -3.96. The molecule has 6 nitrogen and oxygen atoms in total. The van der Waals surface area contributed by atoms with Gasteiger partial charge in [0.05, 0.1) is 11.5 Å². The monoisotopic (exact) mass is 445 g/mol. The van der Waals surface area contributed by atoms with Gasteiger partial charge in [0, 0.05) is 16.6 Å². The van der Waals surface area contributed by atoms with Crippen molar-refractivity contribution >= 4 is 37.6 Å². The molecule has 2 aromatic rings. The maximum atomic E-state index is 14.1. The lowest BCUT2D eigenvalue weighted by Gasteiger charge is -2.11. The Morgan fingerprint density at radius 3 is 2.62 bits per heavy atom. The average Bonchev–Trinajstić information content (AvgIpc) is 2.55. The van der Waals surface area contributed by atoms with E-state index in [-0.39, 0.29) is 30.1 Å². The molecule has 140 valence electrons. The maximum Gasteiger partial charge on any atom is 0.303 e. The molecule has 0 atom stereocenters. The first kappa shape index (κ1) is 20.2. The van der Waals surface area contributed by atoms with Crippen LogP contribution in [0.15, 0.2) is 45.8 Å². The summed E-state index contributed by atoms with van der Waals surface area (Å²) in [6, 6.07) is 8.25. The molecule has 0 saturated heterocycles. The van der Waals surface area contributed by atoms with Crippen LogP contribution in [0, 0.1) is 12.7 Å². The molecule has 0 saturated carbocycles. The molecule has 0 spiro atoms. The molecule has 0 radical (unpaired) electrons. The molecule has 26 heavy (non-hydrogen) atoms. The highest BCUT2D eigenvalue weighted by atomic mass is 79.9. The molecule has 2 N–H and O–H groups in total. The zero-order chi connectivity index (χ0) is 19.3. The number of carboxylic acid groups (broad SMARTS) is 1. The van der Waals surface area contributed by atoms with Crippen LogP contribution in [0.4, 0.5) is 10.1 Å². The van der Waals surface area contributed by atoms with Crippen LogP contribution in [-0.2, 0) is 14.8 Å². The van der Waals surface area contributed by atoms with Crippen LogP contribution in [0.3, 0.4) is 0 Å². The largest absolute Gasteiger partial charge is 0.491 e. The van der Waals surface area contributed by atoms with Crippen LogP contribution >= 0.6 is 15.9 Å². The van der Waals surface area contributed by atoms with Gasteiger partial charge in [0.25, 0.3) is 10.0 Å². The molecule has 0 aliphatic carbocycles. The Labute approximate surface area is 159 Å². The molecule has 0 bridgehead atoms. The van der Waals surface area contributed by atoms with Gasteiger partial charge in [-0.05, 0) is 49.2 Å². The Kier molecular flexibility index (Phi) is 6.60. The summed E-state index contributed by atoms with van der Waals surface area (Å²) in [6.45, 7) is 1.89. The lowest BCUT2D eigenvalue weighted by atomic mass is 10.2. The summed E-state index contributed by atoms with van der Waals surface area (Å²) >= 11 is 3.32. The van der Waals surface area contributed by atoms with Crippen molar-refractivity contribution in [2.45, 2.75) is 24.7 Å². The summed E-state index contributed by atoms with van der Waals surface area (Å²) in [5, 5.41) is 8.54. The van der Waals surface area contributed by atoms with E-state index in [1.165, 1.54) is 12.1 Å². The van der Waals surface area contributed by atoms with Crippen molar-refractivity contribution in [1.29, 1.82) is 0 Å². The number of hydrogen-bond donors (Lipinski definition) is 2. The van der Waals surface area contributed by atoms with Crippen LogP contribution < -0.4 is 9.46 Å². The first-order chi connectivity index (χ1) is 12.2. The van der Waals surface area contributed by atoms with Gasteiger partial charge in [0.1, 0.15) is 0 Å². The van der Waals surface area contributed by atoms with Gasteiger partial charge in [-0.15, -0.1) is 0 Å². The lowest BCUT2D eigenvalue weighted by molar-refractivity contribution is -0.137. The minimum Gasteiger partial charge on any atom is -0.491 e. The van der Waals surface area contributed by atoms with Crippen LogP contribution in [0.1, 0.15) is 18.4 Å². The molecule has 0 aliphatic rings. The Morgan fingerprint density at radius 1 is 1.27 bits per heavy atom. The van der Waals surface area contributed by atoms with Gasteiger partial charge in [-0.3, -0.25) is 9.52 Å². The highest BCUT2D eigenvalue weighted by Gasteiger charge is 2.17. The number of benzene rings is 2. The molecule has 0 fully saturated rings. The van der Waals surface area contributed by atoms with Crippen LogP contribution in [-0.4, -0.2) is 26.1 Å². The molecule has 0 heterocycles. The number of carbonyl (C=O) groups is 1. The Morgan fingerprint density at radius 2 is 2.00 bits per heavy atom. The van der Waals surface area contributed by atoms with E-state index < -0.39 is 21.8 Å². The number of aliphatic carboxylic acids is 1. The number of nitrogens with one attached hydrogen (secondary N) is 1. The van der Waals surface area contributed by atoms with Crippen LogP contribution in [0.25, 0.3) is 0 Å². The molecule has 0 aliphatic heterocycles. The van der Waals surface area contributed by atoms with Crippen molar-refractivity contribution in [2.75, 3.05) is 11.3 Å². The molecule has 2 rings (SSSR count). The number of hydrogen-bond acceptors (Lipinski definition) is 4. The highest BCUT2D eigenvalue weighted by molar-refractivity contribution is 9.10. The van der Waals surface area contributed by atoms with Crippen LogP contribution in [0.2, 0.25) is 0 Å². The third-order valence-corrected chi connectivity index (χ3v) is 5.66. The third-order valence-electron chi connectivity index (χ3n) is 3.43. The summed E-state index contributed by atoms with van der Waals surface area (Å²) in [6.07, 6.45) is 0.128. The van der Waals surface area contributed by atoms with E-state index in [1.807, 2.05) is 6.92 Å². The molecular formula is C17H17BrFNO5S. The van der Waals surface area contributed by atoms with Crippen molar-refractivity contribution < 1.29 is 27.4 Å². The average molecular weight is 446 g/mol. The van der Waals surface area contributed by atoms with Crippen molar-refractivity contribution in [2.24, 2.45) is 0 Å². The number of halogens is 2. The maximum absolute atomic E-state index is 14.1. The van der Waals surface area contributed by atoms with Crippen molar-refractivity contribution in [3.8, 4) is 5.75 Å². The molecular weight excluding hydrogens is 429 g/mol. The van der Waals surface area contributed by atoms with Gasteiger partial charge < -0.3 is 9.84 Å².